The lowest BCUT2D eigenvalue weighted by Gasteiger charge is -2.24. The van der Waals surface area contributed by atoms with Gasteiger partial charge in [0.1, 0.15) is 5.82 Å². The van der Waals surface area contributed by atoms with Crippen LogP contribution >= 0.6 is 35.5 Å². The van der Waals surface area contributed by atoms with E-state index in [1.165, 1.54) is 12.1 Å². The Kier molecular flexibility index (Phi) is 10.7. The van der Waals surface area contributed by atoms with Crippen molar-refractivity contribution in [3.05, 3.63) is 54.3 Å². The Bertz CT molecular complexity index is 914. The third kappa shape index (κ3) is 7.45. The van der Waals surface area contributed by atoms with Crippen LogP contribution in [0.15, 0.2) is 53.4 Å². The van der Waals surface area contributed by atoms with Gasteiger partial charge in [0.05, 0.1) is 10.2 Å². The molecule has 2 aromatic carbocycles. The highest BCUT2D eigenvalue weighted by atomic mass is 35.5. The number of aromatic nitrogens is 1. The maximum atomic E-state index is 13.1. The molecule has 168 valence electrons. The highest BCUT2D eigenvalue weighted by Crippen LogP contribution is 2.29. The molecule has 0 spiro atoms. The van der Waals surface area contributed by atoms with Gasteiger partial charge >= 0.3 is 0 Å². The van der Waals surface area contributed by atoms with Gasteiger partial charge in [0.15, 0.2) is 5.13 Å². The number of halogens is 2. The van der Waals surface area contributed by atoms with Crippen LogP contribution in [0.3, 0.4) is 0 Å². The molecule has 0 unspecified atom stereocenters. The van der Waals surface area contributed by atoms with E-state index in [1.54, 1.807) is 35.2 Å². The zero-order valence-corrected chi connectivity index (χ0v) is 20.4. The molecule has 0 aliphatic carbocycles. The van der Waals surface area contributed by atoms with E-state index in [0.29, 0.717) is 13.0 Å². The zero-order valence-electron chi connectivity index (χ0n) is 17.9. The van der Waals surface area contributed by atoms with E-state index in [-0.39, 0.29) is 24.1 Å². The fraction of sp³-hybridized carbons (Fsp3) is 0.391. The minimum absolute atomic E-state index is 0. The number of hydrogen-bond acceptors (Lipinski definition) is 5. The highest BCUT2D eigenvalue weighted by molar-refractivity contribution is 7.99. The summed E-state index contributed by atoms with van der Waals surface area (Å²) in [6, 6.07) is 14.5. The van der Waals surface area contributed by atoms with Gasteiger partial charge in [-0.05, 0) is 61.7 Å². The highest BCUT2D eigenvalue weighted by Gasteiger charge is 2.20. The van der Waals surface area contributed by atoms with Gasteiger partial charge in [-0.2, -0.15) is 0 Å². The van der Waals surface area contributed by atoms with Gasteiger partial charge in [0.25, 0.3) is 0 Å². The van der Waals surface area contributed by atoms with Crippen molar-refractivity contribution in [1.82, 2.24) is 9.88 Å². The van der Waals surface area contributed by atoms with Gasteiger partial charge in [-0.1, -0.05) is 37.3 Å². The summed E-state index contributed by atoms with van der Waals surface area (Å²) >= 11 is 3.22. The van der Waals surface area contributed by atoms with Crippen LogP contribution in [0.25, 0.3) is 10.2 Å². The van der Waals surface area contributed by atoms with Gasteiger partial charge in [0, 0.05) is 24.4 Å². The average Bonchev–Trinajstić information content (AvgIpc) is 3.19. The quantitative estimate of drug-likeness (QED) is 0.245. The molecule has 1 amide bonds. The third-order valence-electron chi connectivity index (χ3n) is 4.97. The van der Waals surface area contributed by atoms with Crippen LogP contribution < -0.4 is 4.90 Å². The van der Waals surface area contributed by atoms with Gasteiger partial charge < -0.3 is 4.90 Å². The first kappa shape index (κ1) is 25.6. The lowest BCUT2D eigenvalue weighted by Crippen LogP contribution is -2.38. The Balaban J connectivity index is 0.00000341. The second-order valence-electron chi connectivity index (χ2n) is 6.94. The lowest BCUT2D eigenvalue weighted by atomic mass is 10.3. The molecule has 8 heteroatoms. The summed E-state index contributed by atoms with van der Waals surface area (Å²) in [6.07, 6.45) is 1.25. The van der Waals surface area contributed by atoms with Crippen molar-refractivity contribution in [2.24, 2.45) is 0 Å². The molecule has 0 N–H and O–H groups in total. The summed E-state index contributed by atoms with van der Waals surface area (Å²) in [4.78, 5) is 23.0. The molecule has 0 aliphatic heterocycles. The standard InChI is InChI=1S/C23H28FN3OS2.ClH/c1-3-26(4-2)15-16-27(23-25-20-8-5-6-9-21(20)30-23)22(28)10-7-17-29-19-13-11-18(24)12-14-19;/h5-6,8-9,11-14H,3-4,7,10,15-17H2,1-2H3;1H. The predicted octanol–water partition coefficient (Wildman–Crippen LogP) is 6.10. The summed E-state index contributed by atoms with van der Waals surface area (Å²) < 4.78 is 14.1. The Morgan fingerprint density at radius 2 is 1.77 bits per heavy atom. The molecule has 0 saturated heterocycles. The molecular formula is C23H29ClFN3OS2. The fourth-order valence-corrected chi connectivity index (χ4v) is 5.02. The molecule has 0 fully saturated rings. The number of anilines is 1. The molecule has 0 saturated carbocycles. The number of hydrogen-bond donors (Lipinski definition) is 0. The van der Waals surface area contributed by atoms with Crippen molar-refractivity contribution < 1.29 is 9.18 Å². The van der Waals surface area contributed by atoms with Crippen LogP contribution in [0.5, 0.6) is 0 Å². The van der Waals surface area contributed by atoms with Crippen molar-refractivity contribution in [3.8, 4) is 0 Å². The lowest BCUT2D eigenvalue weighted by molar-refractivity contribution is -0.118. The number of thioether (sulfide) groups is 1. The van der Waals surface area contributed by atoms with E-state index in [0.717, 1.165) is 52.1 Å². The van der Waals surface area contributed by atoms with Crippen molar-refractivity contribution in [2.45, 2.75) is 31.6 Å². The first-order chi connectivity index (χ1) is 14.6. The normalized spacial score (nSPS) is 11.0. The van der Waals surface area contributed by atoms with Crippen LogP contribution in [-0.4, -0.2) is 47.7 Å². The van der Waals surface area contributed by atoms with Crippen LogP contribution in [-0.2, 0) is 4.79 Å². The van der Waals surface area contributed by atoms with Crippen LogP contribution in [0.4, 0.5) is 9.52 Å². The maximum Gasteiger partial charge on any atom is 0.228 e. The third-order valence-corrected chi connectivity index (χ3v) is 7.12. The Labute approximate surface area is 198 Å². The number of para-hydroxylation sites is 1. The molecule has 1 aromatic heterocycles. The molecule has 31 heavy (non-hydrogen) atoms. The number of rotatable bonds is 11. The monoisotopic (exact) mass is 481 g/mol. The smallest absolute Gasteiger partial charge is 0.228 e. The Morgan fingerprint density at radius 1 is 1.06 bits per heavy atom. The first-order valence-corrected chi connectivity index (χ1v) is 12.2. The van der Waals surface area contributed by atoms with E-state index in [9.17, 15) is 9.18 Å². The van der Waals surface area contributed by atoms with Crippen molar-refractivity contribution in [1.29, 1.82) is 0 Å². The predicted molar refractivity (Wildman–Crippen MR) is 133 cm³/mol. The van der Waals surface area contributed by atoms with E-state index >= 15 is 0 Å². The van der Waals surface area contributed by atoms with E-state index in [4.69, 9.17) is 4.98 Å². The second-order valence-corrected chi connectivity index (χ2v) is 9.12. The minimum atomic E-state index is -0.228. The largest absolute Gasteiger partial charge is 0.302 e. The molecule has 3 rings (SSSR count). The molecule has 4 nitrogen and oxygen atoms in total. The molecule has 0 radical (unpaired) electrons. The Hall–Kier alpha value is -1.67. The molecule has 0 bridgehead atoms. The molecule has 0 aliphatic rings. The number of amides is 1. The number of fused-ring (bicyclic) bond motifs is 1. The first-order valence-electron chi connectivity index (χ1n) is 10.4. The van der Waals surface area contributed by atoms with Crippen LogP contribution in [0.1, 0.15) is 26.7 Å². The summed E-state index contributed by atoms with van der Waals surface area (Å²) in [6.45, 7) is 7.68. The summed E-state index contributed by atoms with van der Waals surface area (Å²) in [5.41, 5.74) is 0.935. The topological polar surface area (TPSA) is 36.4 Å². The van der Waals surface area contributed by atoms with Gasteiger partial charge in [0.2, 0.25) is 5.91 Å². The number of benzene rings is 2. The fourth-order valence-electron chi connectivity index (χ4n) is 3.16. The number of thiazole rings is 1. The molecule has 3 aromatic rings. The van der Waals surface area contributed by atoms with E-state index < -0.39 is 0 Å². The number of likely N-dealkylation sites (N-methyl/N-ethyl adjacent to an activating group) is 1. The second kappa shape index (κ2) is 13.0. The molecule has 1 heterocycles. The van der Waals surface area contributed by atoms with E-state index in [2.05, 4.69) is 18.7 Å². The summed E-state index contributed by atoms with van der Waals surface area (Å²) in [5.74, 6) is 0.705. The van der Waals surface area contributed by atoms with Gasteiger partial charge in [-0.25, -0.2) is 9.37 Å². The van der Waals surface area contributed by atoms with Gasteiger partial charge in [-0.3, -0.25) is 9.69 Å². The number of nitrogens with zero attached hydrogens (tertiary/aromatic N) is 3. The van der Waals surface area contributed by atoms with Crippen LogP contribution in [0.2, 0.25) is 0 Å². The van der Waals surface area contributed by atoms with Crippen molar-refractivity contribution in [2.75, 3.05) is 36.8 Å². The van der Waals surface area contributed by atoms with Crippen molar-refractivity contribution in [3.63, 3.8) is 0 Å². The minimum Gasteiger partial charge on any atom is -0.302 e. The molecule has 0 atom stereocenters. The zero-order chi connectivity index (χ0) is 21.3. The SMILES string of the molecule is CCN(CC)CCN(C(=O)CCCSc1ccc(F)cc1)c1nc2ccccc2s1.Cl. The number of carbonyl (C=O) groups is 1. The summed E-state index contributed by atoms with van der Waals surface area (Å²) in [7, 11) is 0. The van der Waals surface area contributed by atoms with Gasteiger partial charge in [-0.15, -0.1) is 24.2 Å². The maximum absolute atomic E-state index is 13.1. The average molecular weight is 482 g/mol. The van der Waals surface area contributed by atoms with Crippen molar-refractivity contribution >= 4 is 56.8 Å². The summed E-state index contributed by atoms with van der Waals surface area (Å²) in [5, 5.41) is 0.777. The molecular weight excluding hydrogens is 453 g/mol. The Morgan fingerprint density at radius 3 is 2.45 bits per heavy atom. The van der Waals surface area contributed by atoms with E-state index in [1.807, 2.05) is 29.2 Å². The van der Waals surface area contributed by atoms with Crippen LogP contribution in [0, 0.1) is 5.82 Å². The number of carbonyl (C=O) groups excluding carboxylic acids is 1.